The van der Waals surface area contributed by atoms with Crippen LogP contribution >= 0.6 is 23.8 Å². The van der Waals surface area contributed by atoms with E-state index in [1.165, 1.54) is 12.1 Å². The fourth-order valence-electron chi connectivity index (χ4n) is 2.31. The molecule has 0 saturated carbocycles. The van der Waals surface area contributed by atoms with Gasteiger partial charge in [-0.25, -0.2) is 0 Å². The molecule has 0 aliphatic rings. The van der Waals surface area contributed by atoms with Crippen LogP contribution in [0, 0.1) is 10.1 Å². The van der Waals surface area contributed by atoms with Crippen molar-refractivity contribution >= 4 is 46.4 Å². The van der Waals surface area contributed by atoms with Gasteiger partial charge in [-0.1, -0.05) is 44.5 Å². The summed E-state index contributed by atoms with van der Waals surface area (Å²) in [4.78, 5) is 34.6. The van der Waals surface area contributed by atoms with Gasteiger partial charge in [-0.2, -0.15) is 0 Å². The molecular formula is C19H19ClN4O4S. The Morgan fingerprint density at radius 3 is 2.14 bits per heavy atom. The SMILES string of the molecule is CC(C)(C)c1ccc(C(=O)NC(=S)NNC(=O)c2ccc(Cl)c([N+](=O)[O-])c2)cc1. The number of hydrazine groups is 1. The van der Waals surface area contributed by atoms with Crippen LogP contribution in [0.4, 0.5) is 5.69 Å². The van der Waals surface area contributed by atoms with Gasteiger partial charge >= 0.3 is 0 Å². The number of nitro groups is 1. The minimum Gasteiger partial charge on any atom is -0.298 e. The molecule has 2 aromatic carbocycles. The molecule has 0 radical (unpaired) electrons. The smallest absolute Gasteiger partial charge is 0.288 e. The third-order valence-electron chi connectivity index (χ3n) is 3.93. The van der Waals surface area contributed by atoms with Crippen molar-refractivity contribution in [2.75, 3.05) is 0 Å². The normalized spacial score (nSPS) is 10.8. The van der Waals surface area contributed by atoms with Crippen molar-refractivity contribution in [3.8, 4) is 0 Å². The second-order valence-electron chi connectivity index (χ2n) is 7.11. The molecule has 0 aromatic heterocycles. The zero-order valence-corrected chi connectivity index (χ0v) is 17.5. The molecule has 0 unspecified atom stereocenters. The monoisotopic (exact) mass is 434 g/mol. The lowest BCUT2D eigenvalue weighted by atomic mass is 9.87. The molecule has 0 aliphatic heterocycles. The van der Waals surface area contributed by atoms with Crippen molar-refractivity contribution in [1.82, 2.24) is 16.2 Å². The molecule has 0 bridgehead atoms. The lowest BCUT2D eigenvalue weighted by molar-refractivity contribution is -0.384. The largest absolute Gasteiger partial charge is 0.298 e. The number of benzene rings is 2. The van der Waals surface area contributed by atoms with Gasteiger partial charge in [0.05, 0.1) is 4.92 Å². The maximum atomic E-state index is 12.2. The first kappa shape index (κ1) is 22.3. The molecule has 3 N–H and O–H groups in total. The van der Waals surface area contributed by atoms with Crippen LogP contribution < -0.4 is 16.2 Å². The second-order valence-corrected chi connectivity index (χ2v) is 7.93. The van der Waals surface area contributed by atoms with E-state index < -0.39 is 22.4 Å². The van der Waals surface area contributed by atoms with E-state index in [4.69, 9.17) is 23.8 Å². The van der Waals surface area contributed by atoms with Crippen LogP contribution in [-0.4, -0.2) is 21.9 Å². The third-order valence-corrected chi connectivity index (χ3v) is 4.46. The molecule has 29 heavy (non-hydrogen) atoms. The van der Waals surface area contributed by atoms with Crippen LogP contribution in [0.2, 0.25) is 5.02 Å². The summed E-state index contributed by atoms with van der Waals surface area (Å²) >= 11 is 10.7. The molecule has 152 valence electrons. The first-order chi connectivity index (χ1) is 13.5. The van der Waals surface area contributed by atoms with Gasteiger partial charge in [0, 0.05) is 17.2 Å². The Hall–Kier alpha value is -3.04. The Labute approximate surface area is 177 Å². The molecule has 0 fully saturated rings. The summed E-state index contributed by atoms with van der Waals surface area (Å²) in [7, 11) is 0. The van der Waals surface area contributed by atoms with E-state index in [9.17, 15) is 19.7 Å². The molecule has 0 heterocycles. The molecule has 0 saturated heterocycles. The number of nitrogens with one attached hydrogen (secondary N) is 3. The highest BCUT2D eigenvalue weighted by molar-refractivity contribution is 7.80. The number of carbonyl (C=O) groups is 2. The van der Waals surface area contributed by atoms with Crippen molar-refractivity contribution in [1.29, 1.82) is 0 Å². The average Bonchev–Trinajstić information content (AvgIpc) is 2.65. The van der Waals surface area contributed by atoms with Crippen LogP contribution in [-0.2, 0) is 5.41 Å². The lowest BCUT2D eigenvalue weighted by Gasteiger charge is -2.19. The van der Waals surface area contributed by atoms with Gasteiger partial charge in [0.2, 0.25) is 0 Å². The zero-order chi connectivity index (χ0) is 21.8. The highest BCUT2D eigenvalue weighted by atomic mass is 35.5. The fourth-order valence-corrected chi connectivity index (χ4v) is 2.64. The van der Waals surface area contributed by atoms with Gasteiger partial charge in [-0.15, -0.1) is 0 Å². The molecule has 8 nitrogen and oxygen atoms in total. The average molecular weight is 435 g/mol. The predicted octanol–water partition coefficient (Wildman–Crippen LogP) is 3.50. The molecule has 2 aromatic rings. The molecular weight excluding hydrogens is 416 g/mol. The number of amides is 2. The van der Waals surface area contributed by atoms with Gasteiger partial charge in [-0.05, 0) is 47.5 Å². The number of rotatable bonds is 3. The number of nitro benzene ring substituents is 1. The number of hydrogen-bond donors (Lipinski definition) is 3. The highest BCUT2D eigenvalue weighted by Crippen LogP contribution is 2.25. The maximum Gasteiger partial charge on any atom is 0.288 e. The molecule has 0 atom stereocenters. The topological polar surface area (TPSA) is 113 Å². The van der Waals surface area contributed by atoms with E-state index >= 15 is 0 Å². The zero-order valence-electron chi connectivity index (χ0n) is 15.9. The van der Waals surface area contributed by atoms with Gasteiger partial charge < -0.3 is 0 Å². The summed E-state index contributed by atoms with van der Waals surface area (Å²) in [6.07, 6.45) is 0. The van der Waals surface area contributed by atoms with Crippen LogP contribution in [0.1, 0.15) is 47.1 Å². The van der Waals surface area contributed by atoms with Crippen LogP contribution in [0.25, 0.3) is 0 Å². The van der Waals surface area contributed by atoms with E-state index in [1.54, 1.807) is 12.1 Å². The van der Waals surface area contributed by atoms with Gasteiger partial charge in [-0.3, -0.25) is 35.9 Å². The third kappa shape index (κ3) is 5.97. The van der Waals surface area contributed by atoms with Gasteiger partial charge in [0.1, 0.15) is 5.02 Å². The van der Waals surface area contributed by atoms with Crippen LogP contribution in [0.15, 0.2) is 42.5 Å². The lowest BCUT2D eigenvalue weighted by Crippen LogP contribution is -2.48. The van der Waals surface area contributed by atoms with Crippen molar-refractivity contribution in [3.63, 3.8) is 0 Å². The number of hydrogen-bond acceptors (Lipinski definition) is 5. The maximum absolute atomic E-state index is 12.2. The van der Waals surface area contributed by atoms with Crippen molar-refractivity contribution in [3.05, 3.63) is 74.3 Å². The summed E-state index contributed by atoms with van der Waals surface area (Å²) in [6, 6.07) is 10.7. The summed E-state index contributed by atoms with van der Waals surface area (Å²) in [5.41, 5.74) is 5.70. The Kier molecular flexibility index (Phi) is 6.89. The summed E-state index contributed by atoms with van der Waals surface area (Å²) in [5.74, 6) is -1.13. The Balaban J connectivity index is 1.94. The minimum atomic E-state index is -0.692. The Morgan fingerprint density at radius 2 is 1.59 bits per heavy atom. The van der Waals surface area contributed by atoms with Crippen LogP contribution in [0.5, 0.6) is 0 Å². The first-order valence-corrected chi connectivity index (χ1v) is 9.24. The Bertz CT molecular complexity index is 971. The van der Waals surface area contributed by atoms with Crippen molar-refractivity contribution < 1.29 is 14.5 Å². The van der Waals surface area contributed by atoms with Gasteiger partial charge in [0.15, 0.2) is 5.11 Å². The van der Waals surface area contributed by atoms with E-state index in [1.807, 2.05) is 12.1 Å². The molecule has 2 rings (SSSR count). The minimum absolute atomic E-state index is 0.000459. The first-order valence-electron chi connectivity index (χ1n) is 8.45. The van der Waals surface area contributed by atoms with Gasteiger partial charge in [0.25, 0.3) is 17.5 Å². The van der Waals surface area contributed by atoms with Crippen molar-refractivity contribution in [2.45, 2.75) is 26.2 Å². The summed E-state index contributed by atoms with van der Waals surface area (Å²) in [6.45, 7) is 6.21. The van der Waals surface area contributed by atoms with E-state index in [2.05, 4.69) is 36.9 Å². The van der Waals surface area contributed by atoms with E-state index in [0.29, 0.717) is 5.56 Å². The fraction of sp³-hybridized carbons (Fsp3) is 0.211. The van der Waals surface area contributed by atoms with Crippen molar-refractivity contribution in [2.24, 2.45) is 0 Å². The molecule has 0 aliphatic carbocycles. The van der Waals surface area contributed by atoms with E-state index in [0.717, 1.165) is 11.6 Å². The quantitative estimate of drug-likeness (QED) is 0.387. The molecule has 10 heteroatoms. The molecule has 0 spiro atoms. The van der Waals surface area contributed by atoms with E-state index in [-0.39, 0.29) is 21.1 Å². The van der Waals surface area contributed by atoms with Crippen LogP contribution in [0.3, 0.4) is 0 Å². The number of thiocarbonyl (C=S) groups is 1. The second kappa shape index (κ2) is 8.97. The molecule has 2 amide bonds. The Morgan fingerprint density at radius 1 is 1.00 bits per heavy atom. The predicted molar refractivity (Wildman–Crippen MR) is 114 cm³/mol. The summed E-state index contributed by atoms with van der Waals surface area (Å²) < 4.78 is 0. The standard InChI is InChI=1S/C19H19ClN4O4S/c1-19(2,3)13-7-4-11(5-8-13)16(25)21-18(29)23-22-17(26)12-6-9-14(20)15(10-12)24(27)28/h4-10H,1-3H3,(H,22,26)(H2,21,23,25,29). The highest BCUT2D eigenvalue weighted by Gasteiger charge is 2.17. The number of halogens is 1. The number of nitrogens with zero attached hydrogens (tertiary/aromatic N) is 1. The number of carbonyl (C=O) groups excluding carboxylic acids is 2. The summed E-state index contributed by atoms with van der Waals surface area (Å²) in [5, 5.41) is 13.1.